The lowest BCUT2D eigenvalue weighted by Gasteiger charge is -2.27. The molecule has 1 saturated heterocycles. The van der Waals surface area contributed by atoms with Gasteiger partial charge in [-0.3, -0.25) is 4.79 Å². The van der Waals surface area contributed by atoms with E-state index in [1.54, 1.807) is 7.11 Å². The van der Waals surface area contributed by atoms with E-state index >= 15 is 0 Å². The van der Waals surface area contributed by atoms with Crippen LogP contribution >= 0.6 is 12.6 Å². The van der Waals surface area contributed by atoms with Crippen LogP contribution in [-0.4, -0.2) is 68.4 Å². The summed E-state index contributed by atoms with van der Waals surface area (Å²) in [5.74, 6) is 0. The van der Waals surface area contributed by atoms with Gasteiger partial charge in [0.05, 0.1) is 6.61 Å². The Hall–Kier alpha value is -1.28. The first kappa shape index (κ1) is 28.5. The van der Waals surface area contributed by atoms with Crippen molar-refractivity contribution in [3.8, 4) is 0 Å². The summed E-state index contributed by atoms with van der Waals surface area (Å²) in [6, 6.07) is 0.327. The van der Waals surface area contributed by atoms with Crippen molar-refractivity contribution < 1.29 is 23.9 Å². The fourth-order valence-electron chi connectivity index (χ4n) is 1.66. The molecule has 0 spiro atoms. The maximum absolute atomic E-state index is 11.2. The number of carbonyl (C=O) groups is 3. The highest BCUT2D eigenvalue weighted by Gasteiger charge is 2.30. The fourth-order valence-corrected chi connectivity index (χ4v) is 1.81. The molecule has 7 nitrogen and oxygen atoms in total. The second-order valence-corrected chi connectivity index (χ2v) is 7.15. The van der Waals surface area contributed by atoms with Crippen LogP contribution in [0.15, 0.2) is 0 Å². The number of amides is 2. The zero-order valence-corrected chi connectivity index (χ0v) is 17.4. The normalized spacial score (nSPS) is 15.4. The standard InChI is InChI=1S/C8H16N2OS.C4H8O2.C4H10O.CH2O/c1-6-4-9-7(11)10(6)5-8(2,3)12;1-2-3-6-4-5;1-3-4-5-2;1-2/h6,12H,4-5H2,1-3H3,(H,9,11);4H,2-3H2,1H3;3-4H2,1-2H3;1H2. The van der Waals surface area contributed by atoms with Gasteiger partial charge in [-0.1, -0.05) is 13.8 Å². The summed E-state index contributed by atoms with van der Waals surface area (Å²) in [6.45, 7) is 15.4. The van der Waals surface area contributed by atoms with E-state index < -0.39 is 0 Å². The van der Waals surface area contributed by atoms with Gasteiger partial charge in [0, 0.05) is 37.6 Å². The summed E-state index contributed by atoms with van der Waals surface area (Å²) in [4.78, 5) is 30.4. The molecule has 0 aromatic carbocycles. The lowest BCUT2D eigenvalue weighted by atomic mass is 10.2. The molecule has 1 fully saturated rings. The Bertz CT molecular complexity index is 323. The monoisotopic (exact) mass is 380 g/mol. The average Bonchev–Trinajstić information content (AvgIpc) is 2.87. The van der Waals surface area contributed by atoms with Gasteiger partial charge in [0.1, 0.15) is 6.79 Å². The van der Waals surface area contributed by atoms with E-state index in [2.05, 4.69) is 29.6 Å². The van der Waals surface area contributed by atoms with Gasteiger partial charge in [-0.05, 0) is 33.6 Å². The van der Waals surface area contributed by atoms with Gasteiger partial charge in [0.15, 0.2) is 0 Å². The van der Waals surface area contributed by atoms with Crippen LogP contribution in [-0.2, 0) is 19.1 Å². The molecule has 1 N–H and O–H groups in total. The Kier molecular flexibility index (Phi) is 21.7. The number of hydrogen-bond donors (Lipinski definition) is 2. The van der Waals surface area contributed by atoms with E-state index in [0.29, 0.717) is 25.7 Å². The molecule has 0 aliphatic carbocycles. The molecule has 0 aromatic heterocycles. The van der Waals surface area contributed by atoms with Crippen LogP contribution in [0.4, 0.5) is 4.79 Å². The minimum atomic E-state index is -0.115. The Morgan fingerprint density at radius 1 is 1.32 bits per heavy atom. The first-order valence-corrected chi connectivity index (χ1v) is 8.78. The highest BCUT2D eigenvalue weighted by molar-refractivity contribution is 7.81. The number of urea groups is 1. The van der Waals surface area contributed by atoms with E-state index in [4.69, 9.17) is 9.53 Å². The highest BCUT2D eigenvalue weighted by atomic mass is 32.1. The van der Waals surface area contributed by atoms with Crippen LogP contribution in [0, 0.1) is 0 Å². The van der Waals surface area contributed by atoms with Crippen LogP contribution in [0.25, 0.3) is 0 Å². The molecule has 0 bridgehead atoms. The molecular weight excluding hydrogens is 344 g/mol. The molecule has 1 rings (SSSR count). The lowest BCUT2D eigenvalue weighted by Crippen LogP contribution is -2.40. The molecule has 8 heteroatoms. The van der Waals surface area contributed by atoms with Gasteiger partial charge in [-0.15, -0.1) is 0 Å². The Morgan fingerprint density at radius 2 is 1.84 bits per heavy atom. The van der Waals surface area contributed by atoms with Crippen molar-refractivity contribution in [1.82, 2.24) is 10.2 Å². The summed E-state index contributed by atoms with van der Waals surface area (Å²) in [6.07, 6.45) is 2.02. The van der Waals surface area contributed by atoms with Crippen LogP contribution < -0.4 is 5.32 Å². The molecule has 1 atom stereocenters. The first-order valence-electron chi connectivity index (χ1n) is 8.33. The first-order chi connectivity index (χ1) is 11.7. The molecule has 2 amide bonds. The number of carbonyl (C=O) groups excluding carboxylic acids is 3. The van der Waals surface area contributed by atoms with Gasteiger partial charge in [-0.2, -0.15) is 12.6 Å². The molecule has 1 aliphatic rings. The number of nitrogens with one attached hydrogen (secondary N) is 1. The van der Waals surface area contributed by atoms with E-state index in [1.165, 1.54) is 0 Å². The number of hydrogen-bond acceptors (Lipinski definition) is 6. The summed E-state index contributed by atoms with van der Waals surface area (Å²) < 4.78 is 8.88. The second-order valence-electron chi connectivity index (χ2n) is 5.94. The predicted molar refractivity (Wildman–Crippen MR) is 104 cm³/mol. The van der Waals surface area contributed by atoms with Crippen molar-refractivity contribution in [3.63, 3.8) is 0 Å². The van der Waals surface area contributed by atoms with Gasteiger partial charge in [0.25, 0.3) is 6.47 Å². The van der Waals surface area contributed by atoms with Crippen LogP contribution in [0.1, 0.15) is 47.5 Å². The van der Waals surface area contributed by atoms with Crippen molar-refractivity contribution in [1.29, 1.82) is 0 Å². The van der Waals surface area contributed by atoms with Gasteiger partial charge in [0.2, 0.25) is 0 Å². The number of rotatable bonds is 7. The fraction of sp³-hybridized carbons (Fsp3) is 0.824. The van der Waals surface area contributed by atoms with Crippen molar-refractivity contribution in [3.05, 3.63) is 0 Å². The topological polar surface area (TPSA) is 84.9 Å². The molecular formula is C17H36N2O5S. The van der Waals surface area contributed by atoms with Gasteiger partial charge in [-0.25, -0.2) is 4.79 Å². The number of methoxy groups -OCH3 is 1. The van der Waals surface area contributed by atoms with Gasteiger partial charge < -0.3 is 24.5 Å². The predicted octanol–water partition coefficient (Wildman–Crippen LogP) is 2.54. The number of nitrogens with zero attached hydrogens (tertiary/aromatic N) is 1. The van der Waals surface area contributed by atoms with E-state index in [1.807, 2.05) is 39.4 Å². The third-order valence-electron chi connectivity index (χ3n) is 2.70. The Balaban J connectivity index is -0.000000315. The van der Waals surface area contributed by atoms with Crippen molar-refractivity contribution in [2.24, 2.45) is 0 Å². The van der Waals surface area contributed by atoms with Crippen LogP contribution in [0.5, 0.6) is 0 Å². The molecule has 150 valence electrons. The minimum Gasteiger partial charge on any atom is -0.468 e. The molecule has 1 aliphatic heterocycles. The van der Waals surface area contributed by atoms with Crippen LogP contribution in [0.2, 0.25) is 0 Å². The van der Waals surface area contributed by atoms with Crippen molar-refractivity contribution >= 4 is 31.9 Å². The molecule has 0 radical (unpaired) electrons. The molecule has 0 aromatic rings. The molecule has 1 heterocycles. The number of thiol groups is 1. The quantitative estimate of drug-likeness (QED) is 0.403. The Labute approximate surface area is 158 Å². The zero-order valence-electron chi connectivity index (χ0n) is 16.5. The third-order valence-corrected chi connectivity index (χ3v) is 2.84. The smallest absolute Gasteiger partial charge is 0.317 e. The van der Waals surface area contributed by atoms with E-state index in [9.17, 15) is 9.59 Å². The summed E-state index contributed by atoms with van der Waals surface area (Å²) in [5.41, 5.74) is 0. The zero-order chi connectivity index (χ0) is 20.3. The molecule has 25 heavy (non-hydrogen) atoms. The maximum atomic E-state index is 11.2. The van der Waals surface area contributed by atoms with Crippen molar-refractivity contribution in [2.75, 3.05) is 33.4 Å². The third kappa shape index (κ3) is 20.7. The van der Waals surface area contributed by atoms with Gasteiger partial charge >= 0.3 is 6.03 Å². The second kappa shape index (κ2) is 19.1. The lowest BCUT2D eigenvalue weighted by molar-refractivity contribution is -0.128. The largest absolute Gasteiger partial charge is 0.468 e. The summed E-state index contributed by atoms with van der Waals surface area (Å²) in [5, 5.41) is 2.79. The molecule has 0 saturated carbocycles. The van der Waals surface area contributed by atoms with E-state index in [0.717, 1.165) is 26.0 Å². The maximum Gasteiger partial charge on any atom is 0.317 e. The van der Waals surface area contributed by atoms with Crippen LogP contribution in [0.3, 0.4) is 0 Å². The SMILES string of the molecule is C=O.CC1CNC(=O)N1CC(C)(C)S.CCCOC.CCCOC=O. The van der Waals surface area contributed by atoms with E-state index in [-0.39, 0.29) is 10.8 Å². The minimum absolute atomic E-state index is 0.0321. The molecule has 1 unspecified atom stereocenters. The Morgan fingerprint density at radius 3 is 2.04 bits per heavy atom. The summed E-state index contributed by atoms with van der Waals surface area (Å²) >= 11 is 4.39. The highest BCUT2D eigenvalue weighted by Crippen LogP contribution is 2.17. The average molecular weight is 381 g/mol. The van der Waals surface area contributed by atoms with Crippen molar-refractivity contribution in [2.45, 2.75) is 58.2 Å². The summed E-state index contributed by atoms with van der Waals surface area (Å²) in [7, 11) is 1.71. The number of ether oxygens (including phenoxy) is 2.